The zero-order chi connectivity index (χ0) is 11.1. The van der Waals surface area contributed by atoms with Crippen molar-refractivity contribution in [3.8, 4) is 23.7 Å². The van der Waals surface area contributed by atoms with Crippen LogP contribution in [0.3, 0.4) is 0 Å². The summed E-state index contributed by atoms with van der Waals surface area (Å²) in [7, 11) is 1.27. The lowest BCUT2D eigenvalue weighted by atomic mass is 10.2. The van der Waals surface area contributed by atoms with Crippen LogP contribution in [0.2, 0.25) is 0 Å². The van der Waals surface area contributed by atoms with Gasteiger partial charge in [-0.1, -0.05) is 5.92 Å². The first-order chi connectivity index (χ1) is 7.22. The highest BCUT2D eigenvalue weighted by atomic mass is 16.5. The van der Waals surface area contributed by atoms with E-state index in [2.05, 4.69) is 28.4 Å². The van der Waals surface area contributed by atoms with Gasteiger partial charge in [0.1, 0.15) is 0 Å². The number of carbonyl (C=O) groups is 1. The second kappa shape index (κ2) is 5.36. The molecule has 0 heterocycles. The van der Waals surface area contributed by atoms with Crippen LogP contribution >= 0.6 is 0 Å². The molecule has 0 saturated carbocycles. The quantitative estimate of drug-likeness (QED) is 0.291. The van der Waals surface area contributed by atoms with Crippen molar-refractivity contribution in [1.82, 2.24) is 0 Å². The van der Waals surface area contributed by atoms with Gasteiger partial charge in [0.2, 0.25) is 0 Å². The highest BCUT2D eigenvalue weighted by Crippen LogP contribution is 2.03. The molecule has 3 nitrogen and oxygen atoms in total. The minimum Gasteiger partial charge on any atom is -0.459 e. The van der Waals surface area contributed by atoms with Crippen LogP contribution in [0.5, 0.6) is 0 Å². The minimum absolute atomic E-state index is 0.596. The van der Waals surface area contributed by atoms with Crippen molar-refractivity contribution in [2.75, 3.05) is 12.8 Å². The van der Waals surface area contributed by atoms with Gasteiger partial charge >= 0.3 is 5.97 Å². The van der Waals surface area contributed by atoms with Crippen LogP contribution < -0.4 is 5.73 Å². The molecular formula is C12H9NO2. The summed E-state index contributed by atoms with van der Waals surface area (Å²) in [4.78, 5) is 10.6. The second-order valence-electron chi connectivity index (χ2n) is 2.61. The van der Waals surface area contributed by atoms with Gasteiger partial charge in [-0.05, 0) is 36.1 Å². The third kappa shape index (κ3) is 3.89. The van der Waals surface area contributed by atoms with Crippen LogP contribution in [0.4, 0.5) is 5.69 Å². The molecule has 0 aliphatic rings. The number of methoxy groups -OCH3 is 1. The van der Waals surface area contributed by atoms with Crippen LogP contribution in [-0.4, -0.2) is 13.1 Å². The first-order valence-electron chi connectivity index (χ1n) is 4.18. The Morgan fingerprint density at radius 2 is 1.93 bits per heavy atom. The van der Waals surface area contributed by atoms with Gasteiger partial charge in [0.25, 0.3) is 0 Å². The highest BCUT2D eigenvalue weighted by Gasteiger charge is 1.87. The standard InChI is InChI=1S/C12H9NO2/c1-15-12(14)5-3-2-4-10-6-8-11(13)9-7-10/h6-9H,13H2,1H3. The molecule has 0 aromatic heterocycles. The Bertz CT molecular complexity index is 466. The fraction of sp³-hybridized carbons (Fsp3) is 0.0833. The Labute approximate surface area is 88.2 Å². The Hall–Kier alpha value is -2.39. The van der Waals surface area contributed by atoms with E-state index in [1.807, 2.05) is 0 Å². The number of nitrogen functional groups attached to an aromatic ring is 1. The van der Waals surface area contributed by atoms with E-state index in [1.54, 1.807) is 24.3 Å². The van der Waals surface area contributed by atoms with Crippen molar-refractivity contribution in [1.29, 1.82) is 0 Å². The SMILES string of the molecule is COC(=O)C#CC#Cc1ccc(N)cc1. The second-order valence-corrected chi connectivity index (χ2v) is 2.61. The molecule has 0 atom stereocenters. The number of esters is 1. The predicted octanol–water partition coefficient (Wildman–Crippen LogP) is 0.797. The van der Waals surface area contributed by atoms with Crippen LogP contribution in [0, 0.1) is 23.7 Å². The maximum atomic E-state index is 10.6. The fourth-order valence-corrected chi connectivity index (χ4v) is 0.803. The lowest BCUT2D eigenvalue weighted by Gasteiger charge is -1.90. The summed E-state index contributed by atoms with van der Waals surface area (Å²) in [6.45, 7) is 0. The highest BCUT2D eigenvalue weighted by molar-refractivity contribution is 5.88. The number of rotatable bonds is 0. The summed E-state index contributed by atoms with van der Waals surface area (Å²) in [5.74, 6) is 9.29. The average Bonchev–Trinajstić information content (AvgIpc) is 2.26. The molecule has 74 valence electrons. The summed E-state index contributed by atoms with van der Waals surface area (Å²) >= 11 is 0. The molecule has 15 heavy (non-hydrogen) atoms. The molecular weight excluding hydrogens is 190 g/mol. The zero-order valence-electron chi connectivity index (χ0n) is 8.20. The summed E-state index contributed by atoms with van der Waals surface area (Å²) in [5, 5.41) is 0. The number of benzene rings is 1. The summed E-state index contributed by atoms with van der Waals surface area (Å²) in [6, 6.07) is 7.06. The third-order valence-electron chi connectivity index (χ3n) is 1.53. The number of hydrogen-bond acceptors (Lipinski definition) is 3. The van der Waals surface area contributed by atoms with E-state index in [0.29, 0.717) is 5.69 Å². The topological polar surface area (TPSA) is 52.3 Å². The molecule has 2 N–H and O–H groups in total. The number of anilines is 1. The Kier molecular flexibility index (Phi) is 3.82. The molecule has 0 saturated heterocycles. The normalized spacial score (nSPS) is 7.80. The smallest absolute Gasteiger partial charge is 0.385 e. The summed E-state index contributed by atoms with van der Waals surface area (Å²) in [6.07, 6.45) is 0. The monoisotopic (exact) mass is 199 g/mol. The average molecular weight is 199 g/mol. The third-order valence-corrected chi connectivity index (χ3v) is 1.53. The molecule has 0 amide bonds. The Morgan fingerprint density at radius 1 is 1.27 bits per heavy atom. The van der Waals surface area contributed by atoms with E-state index >= 15 is 0 Å². The number of carbonyl (C=O) groups excluding carboxylic acids is 1. The summed E-state index contributed by atoms with van der Waals surface area (Å²) in [5.41, 5.74) is 6.98. The number of hydrogen-bond donors (Lipinski definition) is 1. The molecule has 3 heteroatoms. The van der Waals surface area contributed by atoms with Crippen LogP contribution in [0.15, 0.2) is 24.3 Å². The van der Waals surface area contributed by atoms with E-state index in [4.69, 9.17) is 5.73 Å². The molecule has 1 rings (SSSR count). The lowest BCUT2D eigenvalue weighted by Crippen LogP contribution is -1.93. The van der Waals surface area contributed by atoms with Gasteiger partial charge in [-0.3, -0.25) is 0 Å². The molecule has 0 bridgehead atoms. The Morgan fingerprint density at radius 3 is 2.53 bits per heavy atom. The van der Waals surface area contributed by atoms with Gasteiger partial charge in [0.15, 0.2) is 0 Å². The van der Waals surface area contributed by atoms with Gasteiger partial charge in [-0.15, -0.1) is 0 Å². The predicted molar refractivity (Wildman–Crippen MR) is 57.5 cm³/mol. The van der Waals surface area contributed by atoms with E-state index in [-0.39, 0.29) is 0 Å². The largest absolute Gasteiger partial charge is 0.459 e. The van der Waals surface area contributed by atoms with Gasteiger partial charge in [0, 0.05) is 17.2 Å². The van der Waals surface area contributed by atoms with Crippen molar-refractivity contribution in [3.05, 3.63) is 29.8 Å². The van der Waals surface area contributed by atoms with E-state index in [9.17, 15) is 4.79 Å². The van der Waals surface area contributed by atoms with Gasteiger partial charge in [-0.2, -0.15) is 0 Å². The van der Waals surface area contributed by atoms with Crippen molar-refractivity contribution in [2.24, 2.45) is 0 Å². The molecule has 0 aliphatic heterocycles. The number of ether oxygens (including phenoxy) is 1. The summed E-state index contributed by atoms with van der Waals surface area (Å²) < 4.78 is 4.32. The first-order valence-corrected chi connectivity index (χ1v) is 4.18. The van der Waals surface area contributed by atoms with Crippen molar-refractivity contribution in [2.45, 2.75) is 0 Å². The molecule has 0 fully saturated rings. The molecule has 0 spiro atoms. The Balaban J connectivity index is 2.69. The van der Waals surface area contributed by atoms with Gasteiger partial charge < -0.3 is 10.5 Å². The fourth-order valence-electron chi connectivity index (χ4n) is 0.803. The number of nitrogens with two attached hydrogens (primary N) is 1. The molecule has 1 aromatic rings. The zero-order valence-corrected chi connectivity index (χ0v) is 8.20. The molecule has 0 aliphatic carbocycles. The molecule has 0 unspecified atom stereocenters. The maximum Gasteiger partial charge on any atom is 0.385 e. The van der Waals surface area contributed by atoms with E-state index in [0.717, 1.165) is 5.56 Å². The molecule has 1 aromatic carbocycles. The van der Waals surface area contributed by atoms with Crippen LogP contribution in [0.25, 0.3) is 0 Å². The van der Waals surface area contributed by atoms with Gasteiger partial charge in [-0.25, -0.2) is 4.79 Å². The maximum absolute atomic E-state index is 10.6. The molecule has 0 radical (unpaired) electrons. The van der Waals surface area contributed by atoms with Crippen molar-refractivity contribution < 1.29 is 9.53 Å². The van der Waals surface area contributed by atoms with Crippen LogP contribution in [-0.2, 0) is 9.53 Å². The van der Waals surface area contributed by atoms with Crippen molar-refractivity contribution in [3.63, 3.8) is 0 Å². The minimum atomic E-state index is -0.596. The van der Waals surface area contributed by atoms with Crippen LogP contribution in [0.1, 0.15) is 5.56 Å². The lowest BCUT2D eigenvalue weighted by molar-refractivity contribution is -0.133. The van der Waals surface area contributed by atoms with Crippen molar-refractivity contribution >= 4 is 11.7 Å². The van der Waals surface area contributed by atoms with Gasteiger partial charge in [0.05, 0.1) is 7.11 Å². The van der Waals surface area contributed by atoms with E-state index < -0.39 is 5.97 Å². The first kappa shape index (κ1) is 10.7. The van der Waals surface area contributed by atoms with E-state index in [1.165, 1.54) is 7.11 Å².